The molecule has 124 valence electrons. The fourth-order valence-corrected chi connectivity index (χ4v) is 2.30. The lowest BCUT2D eigenvalue weighted by atomic mass is 9.99. The van der Waals surface area contributed by atoms with Crippen molar-refractivity contribution in [3.8, 4) is 0 Å². The quantitative estimate of drug-likeness (QED) is 0.827. The van der Waals surface area contributed by atoms with Crippen LogP contribution in [0.1, 0.15) is 55.4 Å². The third-order valence-corrected chi connectivity index (χ3v) is 3.94. The second-order valence-electron chi connectivity index (χ2n) is 5.55. The molecule has 23 heavy (non-hydrogen) atoms. The average Bonchev–Trinajstić information content (AvgIpc) is 2.48. The molecule has 0 radical (unpaired) electrons. The van der Waals surface area contributed by atoms with Crippen LogP contribution in [-0.2, 0) is 6.18 Å². The van der Waals surface area contributed by atoms with Gasteiger partial charge in [-0.05, 0) is 30.5 Å². The zero-order valence-corrected chi connectivity index (χ0v) is 13.8. The maximum atomic E-state index is 13.0. The molecule has 0 aromatic carbocycles. The van der Waals surface area contributed by atoms with Crippen LogP contribution in [0.25, 0.3) is 0 Å². The van der Waals surface area contributed by atoms with E-state index in [1.165, 1.54) is 0 Å². The van der Waals surface area contributed by atoms with Gasteiger partial charge in [0, 0.05) is 6.20 Å². The molecule has 0 saturated heterocycles. The molecular weight excluding hydrogens is 325 g/mol. The number of anilines is 1. The molecule has 1 unspecified atom stereocenters. The van der Waals surface area contributed by atoms with Gasteiger partial charge < -0.3 is 5.73 Å². The Balaban J connectivity index is 2.50. The Labute approximate surface area is 137 Å². The van der Waals surface area contributed by atoms with Crippen LogP contribution < -0.4 is 5.73 Å². The predicted octanol–water partition coefficient (Wildman–Crippen LogP) is 4.04. The second kappa shape index (κ2) is 6.35. The van der Waals surface area contributed by atoms with Gasteiger partial charge in [-0.2, -0.15) is 13.2 Å². The van der Waals surface area contributed by atoms with Crippen LogP contribution in [0.5, 0.6) is 0 Å². The normalized spacial score (nSPS) is 13.4. The Morgan fingerprint density at radius 1 is 1.17 bits per heavy atom. The molecule has 2 heterocycles. The van der Waals surface area contributed by atoms with Gasteiger partial charge in [0.05, 0.1) is 16.5 Å². The smallest absolute Gasteiger partial charge is 0.383 e. The molecule has 0 aliphatic heterocycles. The van der Waals surface area contributed by atoms with E-state index in [4.69, 9.17) is 5.73 Å². The fourth-order valence-electron chi connectivity index (χ4n) is 2.08. The van der Waals surface area contributed by atoms with Crippen molar-refractivity contribution in [2.45, 2.75) is 43.7 Å². The number of rotatable bonds is 3. The topological polar surface area (TPSA) is 64.7 Å². The molecule has 0 fully saturated rings. The standard InChI is InChI=1S/C15H17F3N4S/c1-7(2)9-4-5-20-10(6-9)8(3)14-21-12(15(16,17)18)11(23)13(19)22-14/h4-8,23H,1-3H3,(H2,19,21,22). The number of alkyl halides is 3. The van der Waals surface area contributed by atoms with Crippen molar-refractivity contribution in [3.05, 3.63) is 41.1 Å². The zero-order chi connectivity index (χ0) is 17.4. The summed E-state index contributed by atoms with van der Waals surface area (Å²) in [6, 6.07) is 3.71. The van der Waals surface area contributed by atoms with Crippen LogP contribution in [-0.4, -0.2) is 15.0 Å². The van der Waals surface area contributed by atoms with Crippen molar-refractivity contribution in [2.24, 2.45) is 0 Å². The lowest BCUT2D eigenvalue weighted by molar-refractivity contribution is -0.143. The minimum atomic E-state index is -4.64. The first kappa shape index (κ1) is 17.5. The summed E-state index contributed by atoms with van der Waals surface area (Å²) in [5, 5.41) is 0. The molecule has 0 bridgehead atoms. The first-order valence-electron chi connectivity index (χ1n) is 7.00. The highest BCUT2D eigenvalue weighted by Gasteiger charge is 2.37. The van der Waals surface area contributed by atoms with E-state index >= 15 is 0 Å². The number of pyridine rings is 1. The molecule has 0 amide bonds. The number of hydrogen-bond acceptors (Lipinski definition) is 5. The Morgan fingerprint density at radius 2 is 1.83 bits per heavy atom. The van der Waals surface area contributed by atoms with Crippen LogP contribution in [0.15, 0.2) is 23.2 Å². The summed E-state index contributed by atoms with van der Waals surface area (Å²) in [4.78, 5) is 11.3. The van der Waals surface area contributed by atoms with Crippen LogP contribution in [0.3, 0.4) is 0 Å². The third kappa shape index (κ3) is 3.74. The SMILES string of the molecule is CC(C)c1ccnc(C(C)c2nc(N)c(S)c(C(F)(F)F)n2)c1. The molecule has 0 saturated carbocycles. The van der Waals surface area contributed by atoms with E-state index in [1.807, 2.05) is 26.0 Å². The maximum Gasteiger partial charge on any atom is 0.434 e. The third-order valence-electron chi connectivity index (χ3n) is 3.50. The molecule has 2 aromatic heterocycles. The lowest BCUT2D eigenvalue weighted by Crippen LogP contribution is -2.16. The second-order valence-corrected chi connectivity index (χ2v) is 6.00. The van der Waals surface area contributed by atoms with Gasteiger partial charge in [-0.25, -0.2) is 9.97 Å². The maximum absolute atomic E-state index is 13.0. The van der Waals surface area contributed by atoms with Crippen LogP contribution in [0.4, 0.5) is 19.0 Å². The first-order valence-corrected chi connectivity index (χ1v) is 7.45. The van der Waals surface area contributed by atoms with E-state index in [9.17, 15) is 13.2 Å². The van der Waals surface area contributed by atoms with Gasteiger partial charge in [0.1, 0.15) is 11.6 Å². The average molecular weight is 342 g/mol. The summed E-state index contributed by atoms with van der Waals surface area (Å²) >= 11 is 3.77. The summed E-state index contributed by atoms with van der Waals surface area (Å²) in [6.07, 6.45) is -3.02. The number of aromatic nitrogens is 3. The molecule has 8 heteroatoms. The molecule has 4 nitrogen and oxygen atoms in total. The summed E-state index contributed by atoms with van der Waals surface area (Å²) in [6.45, 7) is 5.74. The minimum absolute atomic E-state index is 0.0268. The van der Waals surface area contributed by atoms with E-state index in [1.54, 1.807) is 13.1 Å². The largest absolute Gasteiger partial charge is 0.434 e. The molecule has 2 N–H and O–H groups in total. The van der Waals surface area contributed by atoms with Crippen molar-refractivity contribution < 1.29 is 13.2 Å². The molecule has 0 spiro atoms. The molecule has 2 rings (SSSR count). The van der Waals surface area contributed by atoms with Crippen molar-refractivity contribution in [3.63, 3.8) is 0 Å². The first-order chi connectivity index (χ1) is 10.6. The number of nitrogens with zero attached hydrogens (tertiary/aromatic N) is 3. The Hall–Kier alpha value is -1.83. The molecule has 0 aliphatic rings. The highest BCUT2D eigenvalue weighted by molar-refractivity contribution is 7.80. The monoisotopic (exact) mass is 342 g/mol. The molecule has 0 aliphatic carbocycles. The van der Waals surface area contributed by atoms with Crippen molar-refractivity contribution in [1.82, 2.24) is 15.0 Å². The van der Waals surface area contributed by atoms with E-state index in [0.717, 1.165) is 5.56 Å². The fraction of sp³-hybridized carbons (Fsp3) is 0.400. The predicted molar refractivity (Wildman–Crippen MR) is 84.5 cm³/mol. The molecule has 2 aromatic rings. The van der Waals surface area contributed by atoms with Crippen molar-refractivity contribution >= 4 is 18.4 Å². The Bertz CT molecular complexity index is 716. The summed E-state index contributed by atoms with van der Waals surface area (Å²) in [5.41, 5.74) is 6.07. The van der Waals surface area contributed by atoms with Gasteiger partial charge in [-0.3, -0.25) is 4.98 Å². The Kier molecular flexibility index (Phi) is 4.84. The Morgan fingerprint density at radius 3 is 2.39 bits per heavy atom. The van der Waals surface area contributed by atoms with Gasteiger partial charge in [0.2, 0.25) is 0 Å². The molecule has 1 atom stereocenters. The van der Waals surface area contributed by atoms with Gasteiger partial charge in [-0.1, -0.05) is 13.8 Å². The number of thiol groups is 1. The van der Waals surface area contributed by atoms with Crippen LogP contribution in [0.2, 0.25) is 0 Å². The van der Waals surface area contributed by atoms with Gasteiger partial charge in [0.25, 0.3) is 0 Å². The number of nitrogen functional groups attached to an aromatic ring is 1. The highest BCUT2D eigenvalue weighted by Crippen LogP contribution is 2.35. The summed E-state index contributed by atoms with van der Waals surface area (Å²) < 4.78 is 39.1. The lowest BCUT2D eigenvalue weighted by Gasteiger charge is -2.16. The number of hydrogen-bond donors (Lipinski definition) is 2. The van der Waals surface area contributed by atoms with Crippen LogP contribution in [0, 0.1) is 0 Å². The molecular formula is C15H17F3N4S. The number of halogens is 3. The minimum Gasteiger partial charge on any atom is -0.383 e. The van der Waals surface area contributed by atoms with Crippen LogP contribution >= 0.6 is 12.6 Å². The van der Waals surface area contributed by atoms with Gasteiger partial charge in [0.15, 0.2) is 5.69 Å². The van der Waals surface area contributed by atoms with E-state index < -0.39 is 22.7 Å². The zero-order valence-electron chi connectivity index (χ0n) is 12.9. The van der Waals surface area contributed by atoms with E-state index in [0.29, 0.717) is 5.69 Å². The number of nitrogens with two attached hydrogens (primary N) is 1. The summed E-state index contributed by atoms with van der Waals surface area (Å²) in [7, 11) is 0. The van der Waals surface area contributed by atoms with Crippen molar-refractivity contribution in [1.29, 1.82) is 0 Å². The van der Waals surface area contributed by atoms with Gasteiger partial charge >= 0.3 is 6.18 Å². The van der Waals surface area contributed by atoms with Crippen molar-refractivity contribution in [2.75, 3.05) is 5.73 Å². The van der Waals surface area contributed by atoms with E-state index in [2.05, 4.69) is 27.6 Å². The summed E-state index contributed by atoms with van der Waals surface area (Å²) in [5.74, 6) is -0.565. The van der Waals surface area contributed by atoms with Gasteiger partial charge in [-0.15, -0.1) is 12.6 Å². The highest BCUT2D eigenvalue weighted by atomic mass is 32.1. The van der Waals surface area contributed by atoms with E-state index in [-0.39, 0.29) is 17.6 Å².